The number of carbonyl (C=O) groups is 3. The molecule has 0 saturated carbocycles. The number of non-ortho nitro benzene ring substituents is 1. The molecule has 11 heteroatoms. The highest BCUT2D eigenvalue weighted by Gasteiger charge is 2.55. The molecule has 0 radical (unpaired) electrons. The summed E-state index contributed by atoms with van der Waals surface area (Å²) in [7, 11) is -1.55. The summed E-state index contributed by atoms with van der Waals surface area (Å²) in [5.41, 5.74) is 5.60. The van der Waals surface area contributed by atoms with Crippen LogP contribution in [0.15, 0.2) is 34.9 Å². The summed E-state index contributed by atoms with van der Waals surface area (Å²) < 4.78 is 18.2. The molecular weight excluding hydrogens is 426 g/mol. The highest BCUT2D eigenvalue weighted by Crippen LogP contribution is 2.45. The van der Waals surface area contributed by atoms with Crippen molar-refractivity contribution in [3.05, 3.63) is 50.5 Å². The first kappa shape index (κ1) is 22.6. The fraction of sp³-hybridized carbons (Fsp3) is 0.450. The molecule has 2 aliphatic heterocycles. The van der Waals surface area contributed by atoms with Gasteiger partial charge in [0, 0.05) is 35.6 Å². The maximum Gasteiger partial charge on any atom is 0.356 e. The van der Waals surface area contributed by atoms with Crippen LogP contribution in [0.4, 0.5) is 5.69 Å². The van der Waals surface area contributed by atoms with Crippen LogP contribution in [0, 0.1) is 16.0 Å². The number of benzene rings is 1. The van der Waals surface area contributed by atoms with Crippen LogP contribution in [0.5, 0.6) is 0 Å². The number of rotatable bonds is 10. The van der Waals surface area contributed by atoms with Crippen LogP contribution in [0.2, 0.25) is 0 Å². The average Bonchev–Trinajstić information content (AvgIpc) is 3.08. The molecule has 3 rings (SSSR count). The number of esters is 1. The molecule has 0 bridgehead atoms. The van der Waals surface area contributed by atoms with E-state index in [1.54, 1.807) is 0 Å². The van der Waals surface area contributed by atoms with Gasteiger partial charge in [0.2, 0.25) is 11.8 Å². The number of fused-ring (bicyclic) bond motifs is 1. The first-order chi connectivity index (χ1) is 14.7. The molecule has 3 atom stereocenters. The van der Waals surface area contributed by atoms with Crippen molar-refractivity contribution in [3.8, 4) is 0 Å². The number of amides is 2. The van der Waals surface area contributed by atoms with Gasteiger partial charge in [-0.3, -0.25) is 23.9 Å². The molecule has 0 spiro atoms. The SMILES string of the molecule is CCC1C(=O)N2C(C(=O)OCc3ccc([N+](=O)[O-])cc3)=C(S(=O)CCCC(N)=O)CC12. The Bertz CT molecular complexity index is 973. The Balaban J connectivity index is 1.74. The number of nitrogens with two attached hydrogens (primary N) is 1. The summed E-state index contributed by atoms with van der Waals surface area (Å²) in [6, 6.07) is 5.34. The fourth-order valence-corrected chi connectivity index (χ4v) is 5.23. The van der Waals surface area contributed by atoms with Gasteiger partial charge in [-0.15, -0.1) is 0 Å². The number of carbonyl (C=O) groups excluding carboxylic acids is 3. The molecule has 2 amide bonds. The Labute approximate surface area is 181 Å². The normalized spacial score (nSPS) is 20.8. The van der Waals surface area contributed by atoms with Gasteiger partial charge < -0.3 is 15.4 Å². The third-order valence-corrected chi connectivity index (χ3v) is 7.00. The van der Waals surface area contributed by atoms with Crippen molar-refractivity contribution in [2.75, 3.05) is 5.75 Å². The topological polar surface area (TPSA) is 150 Å². The lowest BCUT2D eigenvalue weighted by Gasteiger charge is -2.43. The molecule has 166 valence electrons. The van der Waals surface area contributed by atoms with Gasteiger partial charge in [-0.05, 0) is 30.5 Å². The van der Waals surface area contributed by atoms with Crippen LogP contribution in [0.1, 0.15) is 38.2 Å². The van der Waals surface area contributed by atoms with E-state index in [1.807, 2.05) is 6.92 Å². The largest absolute Gasteiger partial charge is 0.456 e. The smallest absolute Gasteiger partial charge is 0.356 e. The molecule has 2 aliphatic rings. The predicted molar refractivity (Wildman–Crippen MR) is 110 cm³/mol. The summed E-state index contributed by atoms with van der Waals surface area (Å²) in [6.07, 6.45) is 1.34. The fourth-order valence-electron chi connectivity index (χ4n) is 3.83. The molecule has 1 aromatic carbocycles. The number of nitrogens with zero attached hydrogens (tertiary/aromatic N) is 2. The monoisotopic (exact) mass is 449 g/mol. The molecule has 31 heavy (non-hydrogen) atoms. The van der Waals surface area contributed by atoms with Crippen molar-refractivity contribution in [1.29, 1.82) is 0 Å². The molecule has 10 nitrogen and oxygen atoms in total. The Morgan fingerprint density at radius 2 is 2.00 bits per heavy atom. The van der Waals surface area contributed by atoms with Gasteiger partial charge in [0.25, 0.3) is 5.69 Å². The molecular formula is C20H23N3O7S. The van der Waals surface area contributed by atoms with Gasteiger partial charge in [0.15, 0.2) is 0 Å². The molecule has 2 N–H and O–H groups in total. The van der Waals surface area contributed by atoms with Gasteiger partial charge in [-0.2, -0.15) is 0 Å². The summed E-state index contributed by atoms with van der Waals surface area (Å²) in [4.78, 5) is 48.2. The minimum Gasteiger partial charge on any atom is -0.456 e. The number of hydrogen-bond donors (Lipinski definition) is 1. The Hall–Kier alpha value is -3.08. The molecule has 0 aliphatic carbocycles. The number of nitro groups is 1. The first-order valence-electron chi connectivity index (χ1n) is 9.88. The van der Waals surface area contributed by atoms with Crippen molar-refractivity contribution in [2.45, 2.75) is 45.3 Å². The van der Waals surface area contributed by atoms with Crippen LogP contribution in [0.25, 0.3) is 0 Å². The first-order valence-corrected chi connectivity index (χ1v) is 11.2. The molecule has 1 fully saturated rings. The van der Waals surface area contributed by atoms with Gasteiger partial charge >= 0.3 is 5.97 Å². The van der Waals surface area contributed by atoms with E-state index in [1.165, 1.54) is 29.2 Å². The van der Waals surface area contributed by atoms with Crippen LogP contribution >= 0.6 is 0 Å². The van der Waals surface area contributed by atoms with E-state index < -0.39 is 27.6 Å². The lowest BCUT2D eigenvalue weighted by Crippen LogP contribution is -2.58. The van der Waals surface area contributed by atoms with Gasteiger partial charge in [0.1, 0.15) is 12.3 Å². The predicted octanol–water partition coefficient (Wildman–Crippen LogP) is 1.50. The zero-order chi connectivity index (χ0) is 22.7. The summed E-state index contributed by atoms with van der Waals surface area (Å²) in [6.45, 7) is 1.74. The van der Waals surface area contributed by atoms with Crippen molar-refractivity contribution < 1.29 is 28.3 Å². The maximum absolute atomic E-state index is 12.8. The second kappa shape index (κ2) is 9.38. The van der Waals surface area contributed by atoms with Crippen LogP contribution in [-0.4, -0.2) is 43.6 Å². The molecule has 3 unspecified atom stereocenters. The molecule has 1 saturated heterocycles. The Morgan fingerprint density at radius 1 is 1.32 bits per heavy atom. The standard InChI is InChI=1S/C20H23N3O7S/c1-2-14-15-10-16(31(29)9-3-4-17(21)24)18(22(15)19(14)25)20(26)30-11-12-5-7-13(8-6-12)23(27)28/h5-8,14-15H,2-4,9-11H2,1H3,(H2,21,24). The molecule has 1 aromatic rings. The highest BCUT2D eigenvalue weighted by atomic mass is 32.2. The Kier molecular flexibility index (Phi) is 6.84. The number of β-lactam (4-membered cyclic amide) rings is 1. The van der Waals surface area contributed by atoms with Crippen LogP contribution in [-0.2, 0) is 36.5 Å². The zero-order valence-corrected chi connectivity index (χ0v) is 17.8. The number of ether oxygens (including phenoxy) is 1. The zero-order valence-electron chi connectivity index (χ0n) is 16.9. The van der Waals surface area contributed by atoms with E-state index in [2.05, 4.69) is 0 Å². The van der Waals surface area contributed by atoms with E-state index in [-0.39, 0.29) is 48.0 Å². The third kappa shape index (κ3) is 4.66. The summed E-state index contributed by atoms with van der Waals surface area (Å²) >= 11 is 0. The molecule has 2 heterocycles. The summed E-state index contributed by atoms with van der Waals surface area (Å²) in [5, 5.41) is 10.7. The second-order valence-electron chi connectivity index (χ2n) is 7.39. The summed E-state index contributed by atoms with van der Waals surface area (Å²) in [5.74, 6) is -1.52. The van der Waals surface area contributed by atoms with E-state index >= 15 is 0 Å². The minimum atomic E-state index is -1.55. The van der Waals surface area contributed by atoms with Crippen molar-refractivity contribution >= 4 is 34.3 Å². The lowest BCUT2D eigenvalue weighted by atomic mass is 9.85. The Morgan fingerprint density at radius 3 is 2.58 bits per heavy atom. The number of hydrogen-bond acceptors (Lipinski definition) is 7. The van der Waals surface area contributed by atoms with Gasteiger partial charge in [-0.25, -0.2) is 4.79 Å². The van der Waals surface area contributed by atoms with Gasteiger partial charge in [-0.1, -0.05) is 6.92 Å². The highest BCUT2D eigenvalue weighted by molar-refractivity contribution is 7.89. The van der Waals surface area contributed by atoms with E-state index in [0.717, 1.165) is 0 Å². The number of primary amides is 1. The maximum atomic E-state index is 12.8. The third-order valence-electron chi connectivity index (χ3n) is 5.43. The minimum absolute atomic E-state index is 0.0130. The van der Waals surface area contributed by atoms with Crippen LogP contribution < -0.4 is 5.73 Å². The average molecular weight is 449 g/mol. The van der Waals surface area contributed by atoms with E-state index in [0.29, 0.717) is 29.7 Å². The molecule has 0 aromatic heterocycles. The second-order valence-corrected chi connectivity index (χ2v) is 8.98. The van der Waals surface area contributed by atoms with E-state index in [9.17, 15) is 28.7 Å². The quantitative estimate of drug-likeness (QED) is 0.246. The van der Waals surface area contributed by atoms with Crippen molar-refractivity contribution in [1.82, 2.24) is 4.90 Å². The van der Waals surface area contributed by atoms with Crippen molar-refractivity contribution in [3.63, 3.8) is 0 Å². The lowest BCUT2D eigenvalue weighted by molar-refractivity contribution is -0.384. The van der Waals surface area contributed by atoms with Crippen LogP contribution in [0.3, 0.4) is 0 Å². The van der Waals surface area contributed by atoms with Crippen molar-refractivity contribution in [2.24, 2.45) is 11.7 Å². The van der Waals surface area contributed by atoms with Gasteiger partial charge in [0.05, 0.1) is 27.7 Å². The number of nitro benzene ring substituents is 1. The van der Waals surface area contributed by atoms with E-state index in [4.69, 9.17) is 10.5 Å².